The summed E-state index contributed by atoms with van der Waals surface area (Å²) in [5.41, 5.74) is 0. The number of hydrogen-bond donors (Lipinski definition) is 1. The van der Waals surface area contributed by atoms with Gasteiger partial charge < -0.3 is 14.3 Å². The van der Waals surface area contributed by atoms with E-state index in [0.29, 0.717) is 25.5 Å². The Kier molecular flexibility index (Phi) is 5.80. The quantitative estimate of drug-likeness (QED) is 0.827. The number of hydrogen-bond acceptors (Lipinski definition) is 7. The van der Waals surface area contributed by atoms with Gasteiger partial charge in [0.25, 0.3) is 0 Å². The van der Waals surface area contributed by atoms with E-state index in [1.165, 1.54) is 0 Å². The lowest BCUT2D eigenvalue weighted by molar-refractivity contribution is 0.00784. The number of thiophene rings is 1. The van der Waals surface area contributed by atoms with Crippen LogP contribution in [0.4, 0.5) is 0 Å². The molecule has 1 saturated heterocycles. The molecule has 0 radical (unpaired) electrons. The fraction of sp³-hybridized carbons (Fsp3) is 0.562. The number of nitrogens with zero attached hydrogens (tertiary/aromatic N) is 3. The molecule has 1 fully saturated rings. The van der Waals surface area contributed by atoms with Crippen LogP contribution < -0.4 is 0 Å². The third-order valence-electron chi connectivity index (χ3n) is 3.82. The van der Waals surface area contributed by atoms with E-state index in [1.54, 1.807) is 17.5 Å². The molecule has 1 unspecified atom stereocenters. The van der Waals surface area contributed by atoms with E-state index in [2.05, 4.69) is 9.88 Å². The SMILES string of the molecule is CN(Cc1ncc(-c2cccs2)o1)CC(O)CN1CCOCC1. The minimum Gasteiger partial charge on any atom is -0.438 e. The Labute approximate surface area is 140 Å². The van der Waals surface area contributed by atoms with Gasteiger partial charge in [0, 0.05) is 26.2 Å². The highest BCUT2D eigenvalue weighted by Crippen LogP contribution is 2.25. The Bertz CT molecular complexity index is 581. The number of oxazole rings is 1. The first-order valence-corrected chi connectivity index (χ1v) is 8.74. The van der Waals surface area contributed by atoms with Crippen molar-refractivity contribution < 1.29 is 14.3 Å². The first kappa shape index (κ1) is 16.6. The summed E-state index contributed by atoms with van der Waals surface area (Å²) < 4.78 is 11.1. The lowest BCUT2D eigenvalue weighted by Gasteiger charge is -2.29. The number of ether oxygens (including phenoxy) is 1. The number of morpholine rings is 1. The van der Waals surface area contributed by atoms with Crippen LogP contribution in [0.3, 0.4) is 0 Å². The highest BCUT2D eigenvalue weighted by atomic mass is 32.1. The van der Waals surface area contributed by atoms with Crippen LogP contribution in [0, 0.1) is 0 Å². The molecule has 1 atom stereocenters. The summed E-state index contributed by atoms with van der Waals surface area (Å²) in [6, 6.07) is 4.01. The molecule has 3 rings (SSSR count). The van der Waals surface area contributed by atoms with Crippen molar-refractivity contribution in [3.05, 3.63) is 29.6 Å². The summed E-state index contributed by atoms with van der Waals surface area (Å²) in [5.74, 6) is 1.48. The minimum atomic E-state index is -0.384. The van der Waals surface area contributed by atoms with E-state index in [4.69, 9.17) is 9.15 Å². The number of aliphatic hydroxyl groups is 1. The summed E-state index contributed by atoms with van der Waals surface area (Å²) in [6.45, 7) is 5.16. The lowest BCUT2D eigenvalue weighted by Crippen LogP contribution is -2.43. The average molecular weight is 337 g/mol. The Morgan fingerprint density at radius 3 is 3.00 bits per heavy atom. The minimum absolute atomic E-state index is 0.384. The van der Waals surface area contributed by atoms with E-state index in [1.807, 2.05) is 29.5 Å². The molecule has 2 aromatic rings. The monoisotopic (exact) mass is 337 g/mol. The average Bonchev–Trinajstić information content (AvgIpc) is 3.18. The third kappa shape index (κ3) is 4.86. The summed E-state index contributed by atoms with van der Waals surface area (Å²) in [4.78, 5) is 9.68. The van der Waals surface area contributed by atoms with E-state index in [-0.39, 0.29) is 6.10 Å². The fourth-order valence-electron chi connectivity index (χ4n) is 2.71. The molecular formula is C16H23N3O3S. The molecule has 1 aliphatic heterocycles. The molecule has 0 saturated carbocycles. The molecule has 23 heavy (non-hydrogen) atoms. The van der Waals surface area contributed by atoms with Crippen molar-refractivity contribution in [1.82, 2.24) is 14.8 Å². The second-order valence-electron chi connectivity index (χ2n) is 5.86. The lowest BCUT2D eigenvalue weighted by atomic mass is 10.3. The van der Waals surface area contributed by atoms with Crippen molar-refractivity contribution in [1.29, 1.82) is 0 Å². The van der Waals surface area contributed by atoms with Crippen molar-refractivity contribution in [2.75, 3.05) is 46.4 Å². The van der Waals surface area contributed by atoms with Gasteiger partial charge in [-0.15, -0.1) is 11.3 Å². The van der Waals surface area contributed by atoms with Crippen molar-refractivity contribution in [3.8, 4) is 10.6 Å². The largest absolute Gasteiger partial charge is 0.438 e. The molecule has 0 aromatic carbocycles. The molecule has 1 aliphatic rings. The molecular weight excluding hydrogens is 314 g/mol. The van der Waals surface area contributed by atoms with E-state index < -0.39 is 0 Å². The smallest absolute Gasteiger partial charge is 0.209 e. The van der Waals surface area contributed by atoms with Crippen molar-refractivity contribution in [2.45, 2.75) is 12.6 Å². The Hall–Kier alpha value is -1.25. The van der Waals surface area contributed by atoms with Crippen LogP contribution in [-0.2, 0) is 11.3 Å². The first-order valence-electron chi connectivity index (χ1n) is 7.86. The van der Waals surface area contributed by atoms with Crippen LogP contribution in [-0.4, -0.2) is 72.4 Å². The fourth-order valence-corrected chi connectivity index (χ4v) is 3.38. The Morgan fingerprint density at radius 2 is 2.26 bits per heavy atom. The molecule has 6 nitrogen and oxygen atoms in total. The number of β-amino-alcohol motifs (C(OH)–C–C–N with tert-alkyl or cyclic N) is 1. The van der Waals surface area contributed by atoms with Gasteiger partial charge >= 0.3 is 0 Å². The van der Waals surface area contributed by atoms with Gasteiger partial charge in [-0.25, -0.2) is 4.98 Å². The van der Waals surface area contributed by atoms with Crippen LogP contribution >= 0.6 is 11.3 Å². The van der Waals surface area contributed by atoms with Gasteiger partial charge in [-0.1, -0.05) is 6.07 Å². The molecule has 3 heterocycles. The molecule has 7 heteroatoms. The van der Waals surface area contributed by atoms with Gasteiger partial charge in [0.15, 0.2) is 5.76 Å². The number of likely N-dealkylation sites (N-methyl/N-ethyl adjacent to an activating group) is 1. The Balaban J connectivity index is 1.46. The van der Waals surface area contributed by atoms with Gasteiger partial charge in [-0.3, -0.25) is 9.80 Å². The van der Waals surface area contributed by atoms with Crippen molar-refractivity contribution in [2.24, 2.45) is 0 Å². The maximum Gasteiger partial charge on any atom is 0.209 e. The van der Waals surface area contributed by atoms with Crippen molar-refractivity contribution in [3.63, 3.8) is 0 Å². The highest BCUT2D eigenvalue weighted by Gasteiger charge is 2.17. The van der Waals surface area contributed by atoms with Gasteiger partial charge in [0.2, 0.25) is 5.89 Å². The standard InChI is InChI=1S/C16H23N3O3S/c1-18(10-13(20)11-19-4-6-21-7-5-19)12-16-17-9-14(22-16)15-3-2-8-23-15/h2-3,8-9,13,20H,4-7,10-12H2,1H3. The van der Waals surface area contributed by atoms with Crippen LogP contribution in [0.2, 0.25) is 0 Å². The van der Waals surface area contributed by atoms with E-state index in [0.717, 1.165) is 36.9 Å². The first-order chi connectivity index (χ1) is 11.2. The second kappa shape index (κ2) is 8.03. The normalized spacial score (nSPS) is 17.7. The molecule has 0 bridgehead atoms. The predicted molar refractivity (Wildman–Crippen MR) is 89.4 cm³/mol. The van der Waals surface area contributed by atoms with Crippen LogP contribution in [0.5, 0.6) is 0 Å². The molecule has 0 aliphatic carbocycles. The molecule has 0 spiro atoms. The zero-order valence-electron chi connectivity index (χ0n) is 13.4. The maximum absolute atomic E-state index is 10.2. The molecule has 2 aromatic heterocycles. The summed E-state index contributed by atoms with van der Waals surface area (Å²) in [5, 5.41) is 12.3. The number of aliphatic hydroxyl groups excluding tert-OH is 1. The van der Waals surface area contributed by atoms with Crippen molar-refractivity contribution >= 4 is 11.3 Å². The maximum atomic E-state index is 10.2. The van der Waals surface area contributed by atoms with Gasteiger partial charge in [-0.2, -0.15) is 0 Å². The van der Waals surface area contributed by atoms with Crippen LogP contribution in [0.25, 0.3) is 10.6 Å². The third-order valence-corrected chi connectivity index (χ3v) is 4.70. The topological polar surface area (TPSA) is 62.0 Å². The van der Waals surface area contributed by atoms with Gasteiger partial charge in [0.05, 0.1) is 36.9 Å². The summed E-state index contributed by atoms with van der Waals surface area (Å²) in [6.07, 6.45) is 1.38. The van der Waals surface area contributed by atoms with E-state index in [9.17, 15) is 5.11 Å². The van der Waals surface area contributed by atoms with E-state index >= 15 is 0 Å². The summed E-state index contributed by atoms with van der Waals surface area (Å²) >= 11 is 1.64. The Morgan fingerprint density at radius 1 is 1.43 bits per heavy atom. The summed E-state index contributed by atoms with van der Waals surface area (Å²) in [7, 11) is 1.97. The van der Waals surface area contributed by atoms with Gasteiger partial charge in [-0.05, 0) is 18.5 Å². The van der Waals surface area contributed by atoms with Crippen LogP contribution in [0.1, 0.15) is 5.89 Å². The zero-order valence-corrected chi connectivity index (χ0v) is 14.2. The number of rotatable bonds is 7. The second-order valence-corrected chi connectivity index (χ2v) is 6.81. The zero-order chi connectivity index (χ0) is 16.1. The molecule has 0 amide bonds. The van der Waals surface area contributed by atoms with Crippen LogP contribution in [0.15, 0.2) is 28.1 Å². The highest BCUT2D eigenvalue weighted by molar-refractivity contribution is 7.13. The number of aromatic nitrogens is 1. The predicted octanol–water partition coefficient (Wildman–Crippen LogP) is 1.53. The molecule has 126 valence electrons. The molecule has 1 N–H and O–H groups in total. The van der Waals surface area contributed by atoms with Gasteiger partial charge in [0.1, 0.15) is 0 Å².